The van der Waals surface area contributed by atoms with Crippen LogP contribution in [0.2, 0.25) is 0 Å². The van der Waals surface area contributed by atoms with Crippen molar-refractivity contribution in [2.45, 2.75) is 48.7 Å². The molecule has 1 aromatic carbocycles. The molecule has 0 unspecified atom stereocenters. The zero-order valence-electron chi connectivity index (χ0n) is 14.7. The Labute approximate surface area is 156 Å². The van der Waals surface area contributed by atoms with E-state index in [1.165, 1.54) is 4.80 Å². The summed E-state index contributed by atoms with van der Waals surface area (Å²) < 4.78 is 2.06. The third-order valence-corrected chi connectivity index (χ3v) is 6.11. The van der Waals surface area contributed by atoms with Crippen LogP contribution in [0.4, 0.5) is 0 Å². The third-order valence-electron chi connectivity index (χ3n) is 4.70. The van der Waals surface area contributed by atoms with Gasteiger partial charge in [-0.1, -0.05) is 23.9 Å². The molecule has 0 atom stereocenters. The zero-order chi connectivity index (χ0) is 17.9. The predicted octanol–water partition coefficient (Wildman–Crippen LogP) is 2.38. The Morgan fingerprint density at radius 1 is 1.19 bits per heavy atom. The first-order chi connectivity index (χ1) is 12.7. The van der Waals surface area contributed by atoms with E-state index in [0.717, 1.165) is 41.9 Å². The maximum atomic E-state index is 12.3. The normalized spacial score (nSPS) is 20.3. The van der Waals surface area contributed by atoms with Gasteiger partial charge in [0.15, 0.2) is 5.16 Å². The molecule has 7 nitrogen and oxygen atoms in total. The second-order valence-corrected chi connectivity index (χ2v) is 7.97. The lowest BCUT2D eigenvalue weighted by atomic mass is 9.95. The van der Waals surface area contributed by atoms with Crippen LogP contribution >= 0.6 is 11.8 Å². The lowest BCUT2D eigenvalue weighted by Crippen LogP contribution is -2.40. The second-order valence-electron chi connectivity index (χ2n) is 6.70. The Balaban J connectivity index is 1.26. The number of carbonyl (C=O) groups excluding carboxylic acids is 1. The Kier molecular flexibility index (Phi) is 4.92. The van der Waals surface area contributed by atoms with E-state index in [-0.39, 0.29) is 18.5 Å². The van der Waals surface area contributed by atoms with E-state index in [1.54, 1.807) is 0 Å². The Bertz CT molecular complexity index is 863. The van der Waals surface area contributed by atoms with Gasteiger partial charge in [-0.3, -0.25) is 4.79 Å². The number of fused-ring (bicyclic) bond motifs is 1. The molecule has 0 radical (unpaired) electrons. The standard InChI is InChI=1S/C18H22N6OS/c1-23-11-10-19-18(23)26-14-8-6-13(7-9-14)20-17(25)12-24-21-15-4-2-3-5-16(15)22-24/h2-5,10-11,13-14H,6-9,12H2,1H3,(H,20,25). The van der Waals surface area contributed by atoms with Gasteiger partial charge in [-0.05, 0) is 37.8 Å². The number of rotatable bonds is 5. The zero-order valence-corrected chi connectivity index (χ0v) is 15.5. The van der Waals surface area contributed by atoms with E-state index in [2.05, 4.69) is 25.1 Å². The van der Waals surface area contributed by atoms with E-state index in [4.69, 9.17) is 0 Å². The van der Waals surface area contributed by atoms with Gasteiger partial charge >= 0.3 is 0 Å². The minimum atomic E-state index is -0.0227. The summed E-state index contributed by atoms with van der Waals surface area (Å²) in [4.78, 5) is 18.2. The van der Waals surface area contributed by atoms with E-state index < -0.39 is 0 Å². The summed E-state index contributed by atoms with van der Waals surface area (Å²) in [5, 5.41) is 13.4. The average Bonchev–Trinajstić information content (AvgIpc) is 3.22. The van der Waals surface area contributed by atoms with Crippen molar-refractivity contribution in [1.82, 2.24) is 29.9 Å². The van der Waals surface area contributed by atoms with Gasteiger partial charge in [-0.2, -0.15) is 15.0 Å². The van der Waals surface area contributed by atoms with Crippen molar-refractivity contribution in [3.8, 4) is 0 Å². The number of hydrogen-bond acceptors (Lipinski definition) is 5. The highest BCUT2D eigenvalue weighted by Crippen LogP contribution is 2.32. The summed E-state index contributed by atoms with van der Waals surface area (Å²) in [5.74, 6) is -0.0227. The SMILES string of the molecule is Cn1ccnc1SC1CCC(NC(=O)Cn2nc3ccccc3n2)CC1. The molecule has 1 saturated carbocycles. The average molecular weight is 370 g/mol. The highest BCUT2D eigenvalue weighted by molar-refractivity contribution is 7.99. The lowest BCUT2D eigenvalue weighted by Gasteiger charge is -2.28. The minimum Gasteiger partial charge on any atom is -0.352 e. The smallest absolute Gasteiger partial charge is 0.243 e. The molecular formula is C18H22N6OS. The fraction of sp³-hybridized carbons (Fsp3) is 0.444. The number of nitrogens with zero attached hydrogens (tertiary/aromatic N) is 5. The molecule has 0 bridgehead atoms. The number of hydrogen-bond donors (Lipinski definition) is 1. The maximum absolute atomic E-state index is 12.3. The van der Waals surface area contributed by atoms with Gasteiger partial charge in [0.1, 0.15) is 17.6 Å². The summed E-state index contributed by atoms with van der Waals surface area (Å²) >= 11 is 1.84. The molecule has 0 spiro atoms. The summed E-state index contributed by atoms with van der Waals surface area (Å²) in [6.45, 7) is 0.163. The molecular weight excluding hydrogens is 348 g/mol. The highest BCUT2D eigenvalue weighted by Gasteiger charge is 2.24. The quantitative estimate of drug-likeness (QED) is 0.746. The van der Waals surface area contributed by atoms with Crippen LogP contribution in [0.15, 0.2) is 41.8 Å². The molecule has 1 aliphatic carbocycles. The molecule has 1 fully saturated rings. The van der Waals surface area contributed by atoms with Crippen molar-refractivity contribution < 1.29 is 4.79 Å². The van der Waals surface area contributed by atoms with Crippen molar-refractivity contribution in [1.29, 1.82) is 0 Å². The van der Waals surface area contributed by atoms with Crippen LogP contribution in [0.1, 0.15) is 25.7 Å². The number of aromatic nitrogens is 5. The molecule has 136 valence electrons. The number of amides is 1. The van der Waals surface area contributed by atoms with E-state index in [0.29, 0.717) is 5.25 Å². The first-order valence-electron chi connectivity index (χ1n) is 8.90. The number of thioether (sulfide) groups is 1. The van der Waals surface area contributed by atoms with Gasteiger partial charge < -0.3 is 9.88 Å². The first kappa shape index (κ1) is 17.1. The van der Waals surface area contributed by atoms with Gasteiger partial charge in [0.05, 0.1) is 0 Å². The van der Waals surface area contributed by atoms with E-state index >= 15 is 0 Å². The van der Waals surface area contributed by atoms with Crippen LogP contribution in [0.5, 0.6) is 0 Å². The molecule has 1 amide bonds. The third kappa shape index (κ3) is 3.90. The van der Waals surface area contributed by atoms with Crippen molar-refractivity contribution in [2.75, 3.05) is 0 Å². The predicted molar refractivity (Wildman–Crippen MR) is 101 cm³/mol. The van der Waals surface area contributed by atoms with Crippen molar-refractivity contribution >= 4 is 28.7 Å². The fourth-order valence-corrected chi connectivity index (χ4v) is 4.47. The van der Waals surface area contributed by atoms with Crippen LogP contribution in [0.3, 0.4) is 0 Å². The van der Waals surface area contributed by atoms with Crippen molar-refractivity contribution in [3.05, 3.63) is 36.7 Å². The Hall–Kier alpha value is -2.35. The number of benzene rings is 1. The van der Waals surface area contributed by atoms with E-state index in [9.17, 15) is 4.79 Å². The summed E-state index contributed by atoms with van der Waals surface area (Å²) in [7, 11) is 2.02. The summed E-state index contributed by atoms with van der Waals surface area (Å²) in [6, 6.07) is 7.88. The second kappa shape index (κ2) is 7.49. The number of imidazole rings is 1. The van der Waals surface area contributed by atoms with Crippen LogP contribution < -0.4 is 5.32 Å². The van der Waals surface area contributed by atoms with Crippen LogP contribution in [-0.2, 0) is 18.4 Å². The first-order valence-corrected chi connectivity index (χ1v) is 9.78. The molecule has 3 aromatic rings. The molecule has 0 aliphatic heterocycles. The lowest BCUT2D eigenvalue weighted by molar-refractivity contribution is -0.122. The van der Waals surface area contributed by atoms with Crippen LogP contribution in [0.25, 0.3) is 11.0 Å². The number of aryl methyl sites for hydroxylation is 1. The van der Waals surface area contributed by atoms with Gasteiger partial charge in [-0.15, -0.1) is 0 Å². The minimum absolute atomic E-state index is 0.0227. The van der Waals surface area contributed by atoms with Crippen molar-refractivity contribution in [3.63, 3.8) is 0 Å². The molecule has 2 heterocycles. The molecule has 4 rings (SSSR count). The highest BCUT2D eigenvalue weighted by atomic mass is 32.2. The van der Waals surface area contributed by atoms with Crippen molar-refractivity contribution in [2.24, 2.45) is 7.05 Å². The number of carbonyl (C=O) groups is 1. The number of nitrogens with one attached hydrogen (secondary N) is 1. The van der Waals surface area contributed by atoms with Gasteiger partial charge in [0, 0.05) is 30.7 Å². The van der Waals surface area contributed by atoms with Gasteiger partial charge in [0.2, 0.25) is 5.91 Å². The molecule has 26 heavy (non-hydrogen) atoms. The molecule has 1 N–H and O–H groups in total. The fourth-order valence-electron chi connectivity index (χ4n) is 3.32. The molecule has 0 saturated heterocycles. The monoisotopic (exact) mass is 370 g/mol. The molecule has 1 aliphatic rings. The molecule has 8 heteroatoms. The van der Waals surface area contributed by atoms with Gasteiger partial charge in [0.25, 0.3) is 0 Å². The summed E-state index contributed by atoms with van der Waals surface area (Å²) in [5.41, 5.74) is 1.62. The van der Waals surface area contributed by atoms with Crippen LogP contribution in [0, 0.1) is 0 Å². The topological polar surface area (TPSA) is 77.6 Å². The largest absolute Gasteiger partial charge is 0.352 e. The van der Waals surface area contributed by atoms with Crippen LogP contribution in [-0.4, -0.2) is 41.7 Å². The van der Waals surface area contributed by atoms with Gasteiger partial charge in [-0.25, -0.2) is 4.98 Å². The summed E-state index contributed by atoms with van der Waals surface area (Å²) in [6.07, 6.45) is 7.99. The Morgan fingerprint density at radius 2 is 1.88 bits per heavy atom. The van der Waals surface area contributed by atoms with E-state index in [1.807, 2.05) is 55.5 Å². The maximum Gasteiger partial charge on any atom is 0.243 e. The molecule has 2 aromatic heterocycles. The Morgan fingerprint density at radius 3 is 2.50 bits per heavy atom.